The van der Waals surface area contributed by atoms with Crippen LogP contribution in [0.1, 0.15) is 37.8 Å². The van der Waals surface area contributed by atoms with Gasteiger partial charge < -0.3 is 14.8 Å². The van der Waals surface area contributed by atoms with E-state index in [-0.39, 0.29) is 17.9 Å². The van der Waals surface area contributed by atoms with Gasteiger partial charge in [0.15, 0.2) is 11.5 Å². The molecule has 1 atom stereocenters. The lowest BCUT2D eigenvalue weighted by molar-refractivity contribution is -0.116. The molecule has 1 N–H and O–H groups in total. The molecule has 0 aliphatic heterocycles. The number of ether oxygens (including phenoxy) is 2. The summed E-state index contributed by atoms with van der Waals surface area (Å²) >= 11 is 0. The van der Waals surface area contributed by atoms with Gasteiger partial charge in [-0.3, -0.25) is 4.79 Å². The zero-order valence-electron chi connectivity index (χ0n) is 15.9. The molecule has 1 amide bonds. The van der Waals surface area contributed by atoms with Crippen molar-refractivity contribution in [1.82, 2.24) is 5.32 Å². The van der Waals surface area contributed by atoms with E-state index < -0.39 is 0 Å². The molecule has 0 aliphatic rings. The molecular weight excluding hydrogens is 326 g/mol. The lowest BCUT2D eigenvalue weighted by Crippen LogP contribution is -2.25. The first-order valence-electron chi connectivity index (χ1n) is 8.85. The molecule has 0 saturated heterocycles. The zero-order chi connectivity index (χ0) is 18.9. The van der Waals surface area contributed by atoms with Crippen molar-refractivity contribution in [3.8, 4) is 11.5 Å². The lowest BCUT2D eigenvalue weighted by Gasteiger charge is -2.14. The van der Waals surface area contributed by atoms with Crippen molar-refractivity contribution in [1.29, 1.82) is 0 Å². The van der Waals surface area contributed by atoms with Gasteiger partial charge in [0.2, 0.25) is 5.91 Å². The Morgan fingerprint density at radius 3 is 2.46 bits per heavy atom. The van der Waals surface area contributed by atoms with Crippen LogP contribution < -0.4 is 14.8 Å². The molecule has 2 aromatic carbocycles. The molecule has 0 radical (unpaired) electrons. The van der Waals surface area contributed by atoms with E-state index in [0.717, 1.165) is 5.56 Å². The molecule has 0 heterocycles. The van der Waals surface area contributed by atoms with E-state index in [4.69, 9.17) is 9.47 Å². The minimum Gasteiger partial charge on any atom is -0.493 e. The average molecular weight is 353 g/mol. The van der Waals surface area contributed by atoms with Gasteiger partial charge in [-0.05, 0) is 49.1 Å². The van der Waals surface area contributed by atoms with Gasteiger partial charge in [-0.15, -0.1) is 0 Å². The highest BCUT2D eigenvalue weighted by molar-refractivity contribution is 5.91. The van der Waals surface area contributed by atoms with Crippen molar-refractivity contribution in [2.45, 2.75) is 32.8 Å². The van der Waals surface area contributed by atoms with Crippen LogP contribution in [-0.2, 0) is 4.79 Å². The minimum absolute atomic E-state index is 0.0719. The Morgan fingerprint density at radius 2 is 1.81 bits per heavy atom. The number of carbonyl (C=O) groups excluding carboxylic acids is 1. The molecule has 0 spiro atoms. The largest absolute Gasteiger partial charge is 0.493 e. The molecule has 0 aliphatic carbocycles. The van der Waals surface area contributed by atoms with Gasteiger partial charge in [-0.2, -0.15) is 0 Å². The molecule has 4 heteroatoms. The van der Waals surface area contributed by atoms with E-state index in [1.54, 1.807) is 13.2 Å². The zero-order valence-corrected chi connectivity index (χ0v) is 15.9. The summed E-state index contributed by atoms with van der Waals surface area (Å²) in [6.45, 7) is 6.62. The summed E-state index contributed by atoms with van der Waals surface area (Å²) in [5.74, 6) is 1.50. The summed E-state index contributed by atoms with van der Waals surface area (Å²) in [5, 5.41) is 2.94. The number of methoxy groups -OCH3 is 1. The van der Waals surface area contributed by atoms with Crippen molar-refractivity contribution in [3.05, 3.63) is 65.7 Å². The molecule has 2 rings (SSSR count). The minimum atomic E-state index is -0.116. The SMILES string of the molecule is COc1cc(C=CC(=O)NCC(C)c2ccccc2)ccc1OC(C)C. The second-order valence-electron chi connectivity index (χ2n) is 6.47. The first-order valence-corrected chi connectivity index (χ1v) is 8.85. The molecule has 2 aromatic rings. The Kier molecular flexibility index (Phi) is 7.27. The van der Waals surface area contributed by atoms with Gasteiger partial charge in [0.1, 0.15) is 0 Å². The molecular formula is C22H27NO3. The van der Waals surface area contributed by atoms with Crippen LogP contribution in [0, 0.1) is 0 Å². The Balaban J connectivity index is 1.93. The monoisotopic (exact) mass is 353 g/mol. The lowest BCUT2D eigenvalue weighted by atomic mass is 10.0. The molecule has 0 aromatic heterocycles. The van der Waals surface area contributed by atoms with Gasteiger partial charge in [0.05, 0.1) is 13.2 Å². The van der Waals surface area contributed by atoms with E-state index >= 15 is 0 Å². The van der Waals surface area contributed by atoms with Crippen LogP contribution in [-0.4, -0.2) is 25.7 Å². The summed E-state index contributed by atoms with van der Waals surface area (Å²) in [6, 6.07) is 15.8. The van der Waals surface area contributed by atoms with Crippen LogP contribution in [0.15, 0.2) is 54.6 Å². The normalized spacial score (nSPS) is 12.2. The fraction of sp³-hybridized carbons (Fsp3) is 0.318. The molecule has 4 nitrogen and oxygen atoms in total. The van der Waals surface area contributed by atoms with E-state index in [2.05, 4.69) is 24.4 Å². The maximum absolute atomic E-state index is 12.1. The third-order valence-electron chi connectivity index (χ3n) is 3.93. The predicted molar refractivity (Wildman–Crippen MR) is 106 cm³/mol. The quantitative estimate of drug-likeness (QED) is 0.715. The summed E-state index contributed by atoms with van der Waals surface area (Å²) < 4.78 is 11.1. The fourth-order valence-corrected chi connectivity index (χ4v) is 2.52. The Morgan fingerprint density at radius 1 is 1.08 bits per heavy atom. The summed E-state index contributed by atoms with van der Waals surface area (Å²) in [4.78, 5) is 12.1. The van der Waals surface area contributed by atoms with Crippen molar-refractivity contribution in [3.63, 3.8) is 0 Å². The van der Waals surface area contributed by atoms with Gasteiger partial charge in [0.25, 0.3) is 0 Å². The maximum Gasteiger partial charge on any atom is 0.244 e. The van der Waals surface area contributed by atoms with Crippen LogP contribution in [0.2, 0.25) is 0 Å². The second kappa shape index (κ2) is 9.66. The molecule has 26 heavy (non-hydrogen) atoms. The number of nitrogens with one attached hydrogen (secondary N) is 1. The molecule has 0 fully saturated rings. The predicted octanol–water partition coefficient (Wildman–Crippen LogP) is 4.42. The number of benzene rings is 2. The van der Waals surface area contributed by atoms with E-state index in [1.807, 2.05) is 50.2 Å². The summed E-state index contributed by atoms with van der Waals surface area (Å²) in [6.07, 6.45) is 3.38. The number of hydrogen-bond acceptors (Lipinski definition) is 3. The molecule has 0 bridgehead atoms. The topological polar surface area (TPSA) is 47.6 Å². The second-order valence-corrected chi connectivity index (χ2v) is 6.47. The third-order valence-corrected chi connectivity index (χ3v) is 3.93. The maximum atomic E-state index is 12.1. The summed E-state index contributed by atoms with van der Waals surface area (Å²) in [5.41, 5.74) is 2.09. The van der Waals surface area contributed by atoms with Gasteiger partial charge in [-0.25, -0.2) is 0 Å². The van der Waals surface area contributed by atoms with Gasteiger partial charge in [-0.1, -0.05) is 43.3 Å². The first-order chi connectivity index (χ1) is 12.5. The highest BCUT2D eigenvalue weighted by Gasteiger charge is 2.08. The molecule has 1 unspecified atom stereocenters. The van der Waals surface area contributed by atoms with Crippen molar-refractivity contribution in [2.24, 2.45) is 0 Å². The van der Waals surface area contributed by atoms with Crippen molar-refractivity contribution in [2.75, 3.05) is 13.7 Å². The van der Waals surface area contributed by atoms with Crippen molar-refractivity contribution < 1.29 is 14.3 Å². The highest BCUT2D eigenvalue weighted by atomic mass is 16.5. The van der Waals surface area contributed by atoms with Crippen molar-refractivity contribution >= 4 is 12.0 Å². The number of rotatable bonds is 8. The average Bonchev–Trinajstić information content (AvgIpc) is 2.65. The Labute approximate surface area is 155 Å². The molecule has 138 valence electrons. The van der Waals surface area contributed by atoms with Crippen LogP contribution in [0.3, 0.4) is 0 Å². The number of carbonyl (C=O) groups is 1. The van der Waals surface area contributed by atoms with Crippen LogP contribution in [0.4, 0.5) is 0 Å². The summed E-state index contributed by atoms with van der Waals surface area (Å²) in [7, 11) is 1.60. The van der Waals surface area contributed by atoms with E-state index in [9.17, 15) is 4.79 Å². The van der Waals surface area contributed by atoms with E-state index in [0.29, 0.717) is 18.0 Å². The third kappa shape index (κ3) is 5.96. The fourth-order valence-electron chi connectivity index (χ4n) is 2.52. The Hall–Kier alpha value is -2.75. The highest BCUT2D eigenvalue weighted by Crippen LogP contribution is 2.29. The van der Waals surface area contributed by atoms with Crippen LogP contribution in [0.5, 0.6) is 11.5 Å². The van der Waals surface area contributed by atoms with E-state index in [1.165, 1.54) is 11.6 Å². The molecule has 0 saturated carbocycles. The van der Waals surface area contributed by atoms with Crippen LogP contribution in [0.25, 0.3) is 6.08 Å². The first kappa shape index (κ1) is 19.6. The standard InChI is InChI=1S/C22H27NO3/c1-16(2)26-20-12-10-18(14-21(20)25-4)11-13-22(24)23-15-17(3)19-8-6-5-7-9-19/h5-14,16-17H,15H2,1-4H3,(H,23,24). The van der Waals surface area contributed by atoms with Gasteiger partial charge in [0, 0.05) is 12.6 Å². The van der Waals surface area contributed by atoms with Gasteiger partial charge >= 0.3 is 0 Å². The van der Waals surface area contributed by atoms with Crippen LogP contribution >= 0.6 is 0 Å². The number of hydrogen-bond donors (Lipinski definition) is 1. The number of amides is 1. The Bertz CT molecular complexity index is 738. The smallest absolute Gasteiger partial charge is 0.244 e.